The Kier molecular flexibility index (Phi) is 3.78. The first-order chi connectivity index (χ1) is 10.6. The van der Waals surface area contributed by atoms with Crippen LogP contribution >= 0.6 is 0 Å². The number of rotatable bonds is 4. The molecule has 0 fully saturated rings. The third-order valence-corrected chi connectivity index (χ3v) is 3.19. The molecule has 0 atom stereocenters. The molecule has 0 aliphatic rings. The summed E-state index contributed by atoms with van der Waals surface area (Å²) in [5, 5.41) is 10.7. The Bertz CT molecular complexity index is 791. The van der Waals surface area contributed by atoms with E-state index < -0.39 is 0 Å². The molecule has 3 aromatic rings. The normalized spacial score (nSPS) is 10.9. The van der Waals surface area contributed by atoms with E-state index in [4.69, 9.17) is 4.74 Å². The first-order valence-corrected chi connectivity index (χ1v) is 7.13. The van der Waals surface area contributed by atoms with Crippen LogP contribution in [0.4, 0.5) is 5.69 Å². The summed E-state index contributed by atoms with van der Waals surface area (Å²) in [4.78, 5) is 12.2. The summed E-state index contributed by atoms with van der Waals surface area (Å²) in [5.74, 6) is 0.598. The number of nitrogens with zero attached hydrogens (tertiary/aromatic N) is 1. The van der Waals surface area contributed by atoms with Crippen LogP contribution in [-0.2, 0) is 0 Å². The predicted octanol–water partition coefficient (Wildman–Crippen LogP) is 3.60. The average molecular weight is 295 g/mol. The second-order valence-corrected chi connectivity index (χ2v) is 5.32. The number of nitrogens with one attached hydrogen (secondary N) is 2. The van der Waals surface area contributed by atoms with E-state index in [1.54, 1.807) is 30.5 Å². The molecule has 0 saturated carbocycles. The molecule has 5 heteroatoms. The number of fused-ring (bicyclic) bond motifs is 1. The minimum atomic E-state index is -0.157. The minimum Gasteiger partial charge on any atom is -0.491 e. The fourth-order valence-electron chi connectivity index (χ4n) is 2.18. The van der Waals surface area contributed by atoms with Crippen LogP contribution < -0.4 is 10.1 Å². The summed E-state index contributed by atoms with van der Waals surface area (Å²) in [7, 11) is 0. The second-order valence-electron chi connectivity index (χ2n) is 5.32. The van der Waals surface area contributed by atoms with E-state index >= 15 is 0 Å². The second kappa shape index (κ2) is 5.89. The SMILES string of the molecule is CC(C)Oc1ccc(C(=O)Nc2ccc3cn[nH]c3c2)cc1. The molecule has 22 heavy (non-hydrogen) atoms. The maximum absolute atomic E-state index is 12.2. The third-order valence-electron chi connectivity index (χ3n) is 3.19. The van der Waals surface area contributed by atoms with Crippen molar-refractivity contribution in [2.75, 3.05) is 5.32 Å². The van der Waals surface area contributed by atoms with Gasteiger partial charge in [-0.05, 0) is 56.3 Å². The summed E-state index contributed by atoms with van der Waals surface area (Å²) in [6, 6.07) is 12.7. The molecule has 3 rings (SSSR count). The van der Waals surface area contributed by atoms with Crippen molar-refractivity contribution in [3.8, 4) is 5.75 Å². The largest absolute Gasteiger partial charge is 0.491 e. The summed E-state index contributed by atoms with van der Waals surface area (Å²) >= 11 is 0. The molecule has 0 aliphatic heterocycles. The molecule has 0 bridgehead atoms. The molecule has 1 heterocycles. The van der Waals surface area contributed by atoms with Gasteiger partial charge in [-0.3, -0.25) is 9.89 Å². The molecular weight excluding hydrogens is 278 g/mol. The fourth-order valence-corrected chi connectivity index (χ4v) is 2.18. The Labute approximate surface area is 128 Å². The van der Waals surface area contributed by atoms with E-state index in [1.807, 2.05) is 32.0 Å². The Balaban J connectivity index is 1.73. The van der Waals surface area contributed by atoms with E-state index in [1.165, 1.54) is 0 Å². The number of aromatic nitrogens is 2. The molecule has 2 aromatic carbocycles. The number of amides is 1. The lowest BCUT2D eigenvalue weighted by Gasteiger charge is -2.10. The number of hydrogen-bond acceptors (Lipinski definition) is 3. The van der Waals surface area contributed by atoms with Crippen LogP contribution in [0, 0.1) is 0 Å². The van der Waals surface area contributed by atoms with Crippen LogP contribution in [-0.4, -0.2) is 22.2 Å². The van der Waals surface area contributed by atoms with Crippen LogP contribution in [0.15, 0.2) is 48.7 Å². The van der Waals surface area contributed by atoms with Gasteiger partial charge in [-0.1, -0.05) is 0 Å². The topological polar surface area (TPSA) is 67.0 Å². The first-order valence-electron chi connectivity index (χ1n) is 7.13. The van der Waals surface area contributed by atoms with Crippen molar-refractivity contribution in [1.82, 2.24) is 10.2 Å². The zero-order chi connectivity index (χ0) is 15.5. The number of ether oxygens (including phenoxy) is 1. The molecule has 112 valence electrons. The lowest BCUT2D eigenvalue weighted by molar-refractivity contribution is 0.102. The molecule has 2 N–H and O–H groups in total. The lowest BCUT2D eigenvalue weighted by Crippen LogP contribution is -2.12. The highest BCUT2D eigenvalue weighted by molar-refractivity contribution is 6.05. The Morgan fingerprint density at radius 1 is 1.18 bits per heavy atom. The monoisotopic (exact) mass is 295 g/mol. The third kappa shape index (κ3) is 3.09. The number of anilines is 1. The zero-order valence-electron chi connectivity index (χ0n) is 12.5. The van der Waals surface area contributed by atoms with E-state index in [-0.39, 0.29) is 12.0 Å². The van der Waals surface area contributed by atoms with E-state index in [2.05, 4.69) is 15.5 Å². The van der Waals surface area contributed by atoms with Gasteiger partial charge in [0.25, 0.3) is 5.91 Å². The first kappa shape index (κ1) is 14.1. The van der Waals surface area contributed by atoms with Crippen LogP contribution in [0.1, 0.15) is 24.2 Å². The number of H-pyrrole nitrogens is 1. The fraction of sp³-hybridized carbons (Fsp3) is 0.176. The summed E-state index contributed by atoms with van der Waals surface area (Å²) < 4.78 is 5.56. The number of carbonyl (C=O) groups excluding carboxylic acids is 1. The molecule has 0 spiro atoms. The van der Waals surface area contributed by atoms with Gasteiger partial charge in [0.1, 0.15) is 5.75 Å². The Morgan fingerprint density at radius 3 is 2.68 bits per heavy atom. The van der Waals surface area contributed by atoms with Gasteiger partial charge in [0, 0.05) is 16.6 Å². The molecule has 5 nitrogen and oxygen atoms in total. The van der Waals surface area contributed by atoms with Gasteiger partial charge in [0.2, 0.25) is 0 Å². The van der Waals surface area contributed by atoms with Crippen LogP contribution in [0.25, 0.3) is 10.9 Å². The van der Waals surface area contributed by atoms with Crippen molar-refractivity contribution >= 4 is 22.5 Å². The number of aromatic amines is 1. The van der Waals surface area contributed by atoms with Crippen LogP contribution in [0.5, 0.6) is 5.75 Å². The quantitative estimate of drug-likeness (QED) is 0.772. The highest BCUT2D eigenvalue weighted by Gasteiger charge is 2.07. The van der Waals surface area contributed by atoms with Crippen LogP contribution in [0.3, 0.4) is 0 Å². The van der Waals surface area contributed by atoms with Crippen molar-refractivity contribution in [2.24, 2.45) is 0 Å². The van der Waals surface area contributed by atoms with E-state index in [9.17, 15) is 4.79 Å². The molecule has 1 amide bonds. The van der Waals surface area contributed by atoms with Crippen molar-refractivity contribution in [3.05, 3.63) is 54.2 Å². The van der Waals surface area contributed by atoms with Crippen LogP contribution in [0.2, 0.25) is 0 Å². The molecule has 0 radical (unpaired) electrons. The predicted molar refractivity (Wildman–Crippen MR) is 86.3 cm³/mol. The van der Waals surface area contributed by atoms with Gasteiger partial charge in [-0.15, -0.1) is 0 Å². The summed E-state index contributed by atoms with van der Waals surface area (Å²) in [6.45, 7) is 3.93. The van der Waals surface area contributed by atoms with Crippen molar-refractivity contribution < 1.29 is 9.53 Å². The van der Waals surface area contributed by atoms with E-state index in [0.717, 1.165) is 22.3 Å². The lowest BCUT2D eigenvalue weighted by atomic mass is 10.2. The summed E-state index contributed by atoms with van der Waals surface area (Å²) in [6.07, 6.45) is 1.86. The highest BCUT2D eigenvalue weighted by atomic mass is 16.5. The molecule has 0 saturated heterocycles. The summed E-state index contributed by atoms with van der Waals surface area (Å²) in [5.41, 5.74) is 2.20. The standard InChI is InChI=1S/C17H17N3O2/c1-11(2)22-15-7-4-12(5-8-15)17(21)19-14-6-3-13-10-18-20-16(13)9-14/h3-11H,1-2H3,(H,18,20)(H,19,21). The maximum atomic E-state index is 12.2. The molecule has 0 unspecified atom stereocenters. The van der Waals surface area contributed by atoms with Gasteiger partial charge in [-0.2, -0.15) is 5.10 Å². The Morgan fingerprint density at radius 2 is 1.95 bits per heavy atom. The van der Waals surface area contributed by atoms with Gasteiger partial charge in [0.05, 0.1) is 17.8 Å². The molecule has 0 aliphatic carbocycles. The van der Waals surface area contributed by atoms with Gasteiger partial charge in [0.15, 0.2) is 0 Å². The molecule has 1 aromatic heterocycles. The van der Waals surface area contributed by atoms with Crippen molar-refractivity contribution in [1.29, 1.82) is 0 Å². The smallest absolute Gasteiger partial charge is 0.255 e. The minimum absolute atomic E-state index is 0.112. The van der Waals surface area contributed by atoms with Gasteiger partial charge >= 0.3 is 0 Å². The number of benzene rings is 2. The highest BCUT2D eigenvalue weighted by Crippen LogP contribution is 2.18. The maximum Gasteiger partial charge on any atom is 0.255 e. The zero-order valence-corrected chi connectivity index (χ0v) is 12.5. The van der Waals surface area contributed by atoms with Gasteiger partial charge < -0.3 is 10.1 Å². The van der Waals surface area contributed by atoms with Crippen molar-refractivity contribution in [3.63, 3.8) is 0 Å². The van der Waals surface area contributed by atoms with E-state index in [0.29, 0.717) is 5.56 Å². The van der Waals surface area contributed by atoms with Crippen molar-refractivity contribution in [2.45, 2.75) is 20.0 Å². The average Bonchev–Trinajstić information content (AvgIpc) is 2.95. The molecular formula is C17H17N3O2. The van der Waals surface area contributed by atoms with Gasteiger partial charge in [-0.25, -0.2) is 0 Å². The Hall–Kier alpha value is -2.82. The number of hydrogen-bond donors (Lipinski definition) is 2. The number of carbonyl (C=O) groups is 1.